The molecule has 0 aromatic rings. The van der Waals surface area contributed by atoms with Crippen molar-refractivity contribution in [1.29, 1.82) is 0 Å². The Bertz CT molecular complexity index is 153. The van der Waals surface area contributed by atoms with E-state index in [1.54, 1.807) is 19.0 Å². The van der Waals surface area contributed by atoms with Crippen LogP contribution in [0.3, 0.4) is 0 Å². The van der Waals surface area contributed by atoms with E-state index >= 15 is 0 Å². The van der Waals surface area contributed by atoms with Gasteiger partial charge in [-0.3, -0.25) is 0 Å². The predicted octanol–water partition coefficient (Wildman–Crippen LogP) is 5.79. The zero-order valence-corrected chi connectivity index (χ0v) is 12.6. The van der Waals surface area contributed by atoms with Gasteiger partial charge < -0.3 is 0 Å². The third-order valence-electron chi connectivity index (χ3n) is 4.03. The molecule has 0 aromatic heterocycles. The number of hydrogen-bond donors (Lipinski definition) is 0. The van der Waals surface area contributed by atoms with Crippen LogP contribution in [-0.4, -0.2) is 17.5 Å². The van der Waals surface area contributed by atoms with E-state index in [0.29, 0.717) is 7.92 Å². The normalized spacial score (nSPS) is 29.8. The third-order valence-corrected chi connectivity index (χ3v) is 7.78. The number of hydrogen-bond acceptors (Lipinski definition) is 0. The fourth-order valence-electron chi connectivity index (χ4n) is 3.21. The van der Waals surface area contributed by atoms with Gasteiger partial charge in [0.25, 0.3) is 0 Å². The molecular formula is C15H31P. The maximum absolute atomic E-state index is 2.37. The lowest BCUT2D eigenvalue weighted by Crippen LogP contribution is -2.07. The van der Waals surface area contributed by atoms with Gasteiger partial charge in [-0.15, -0.1) is 7.92 Å². The smallest absolute Gasteiger partial charge is 0.0207 e. The molecule has 0 spiro atoms. The summed E-state index contributed by atoms with van der Waals surface area (Å²) in [6, 6.07) is 0. The molecule has 1 heterocycles. The number of rotatable bonds is 8. The van der Waals surface area contributed by atoms with Crippen LogP contribution in [0.1, 0.15) is 78.6 Å². The van der Waals surface area contributed by atoms with Crippen LogP contribution in [0, 0.1) is 0 Å². The molecule has 1 rings (SSSR count). The number of unbranched alkanes of at least 4 members (excludes halogenated alkanes) is 2. The Morgan fingerprint density at radius 1 is 0.812 bits per heavy atom. The molecule has 0 aliphatic carbocycles. The Morgan fingerprint density at radius 2 is 1.38 bits per heavy atom. The van der Waals surface area contributed by atoms with Crippen molar-refractivity contribution in [2.75, 3.05) is 6.16 Å². The van der Waals surface area contributed by atoms with Crippen molar-refractivity contribution in [3.63, 3.8) is 0 Å². The van der Waals surface area contributed by atoms with Crippen LogP contribution in [0.2, 0.25) is 0 Å². The highest BCUT2D eigenvalue weighted by Crippen LogP contribution is 2.58. The lowest BCUT2D eigenvalue weighted by Gasteiger charge is -2.25. The summed E-state index contributed by atoms with van der Waals surface area (Å²) in [5.74, 6) is 0. The van der Waals surface area contributed by atoms with E-state index < -0.39 is 0 Å². The maximum atomic E-state index is 2.37. The minimum absolute atomic E-state index is 0.405. The Labute approximate surface area is 104 Å². The van der Waals surface area contributed by atoms with Crippen molar-refractivity contribution in [3.8, 4) is 0 Å². The highest BCUT2D eigenvalue weighted by molar-refractivity contribution is 7.59. The molecule has 1 aliphatic heterocycles. The van der Waals surface area contributed by atoms with Gasteiger partial charge in [-0.2, -0.15) is 0 Å². The second-order valence-electron chi connectivity index (χ2n) is 5.41. The van der Waals surface area contributed by atoms with Gasteiger partial charge in [0, 0.05) is 0 Å². The van der Waals surface area contributed by atoms with Crippen LogP contribution >= 0.6 is 7.92 Å². The maximum Gasteiger partial charge on any atom is -0.0207 e. The molecule has 1 heteroatoms. The van der Waals surface area contributed by atoms with Gasteiger partial charge in [0.05, 0.1) is 0 Å². The summed E-state index contributed by atoms with van der Waals surface area (Å²) >= 11 is 0. The van der Waals surface area contributed by atoms with Crippen molar-refractivity contribution >= 4 is 7.92 Å². The van der Waals surface area contributed by atoms with E-state index in [0.717, 1.165) is 11.3 Å². The van der Waals surface area contributed by atoms with Crippen LogP contribution in [0.15, 0.2) is 0 Å². The predicted molar refractivity (Wildman–Crippen MR) is 77.9 cm³/mol. The van der Waals surface area contributed by atoms with Crippen LogP contribution < -0.4 is 0 Å². The lowest BCUT2D eigenvalue weighted by molar-refractivity contribution is 0.649. The van der Waals surface area contributed by atoms with Gasteiger partial charge in [-0.1, -0.05) is 46.5 Å². The van der Waals surface area contributed by atoms with Gasteiger partial charge in [0.15, 0.2) is 0 Å². The molecule has 1 fully saturated rings. The van der Waals surface area contributed by atoms with E-state index in [-0.39, 0.29) is 0 Å². The second-order valence-corrected chi connectivity index (χ2v) is 8.34. The average molecular weight is 242 g/mol. The molecule has 1 saturated heterocycles. The molecule has 2 atom stereocenters. The van der Waals surface area contributed by atoms with Crippen LogP contribution in [-0.2, 0) is 0 Å². The Hall–Kier alpha value is 0.430. The fourth-order valence-corrected chi connectivity index (χ4v) is 7.27. The van der Waals surface area contributed by atoms with Crippen molar-refractivity contribution < 1.29 is 0 Å². The molecule has 0 aromatic carbocycles. The first-order chi connectivity index (χ1) is 7.83. The summed E-state index contributed by atoms with van der Waals surface area (Å²) in [5, 5.41) is 0. The van der Waals surface area contributed by atoms with Gasteiger partial charge in [-0.25, -0.2) is 0 Å². The minimum atomic E-state index is 0.405. The Kier molecular flexibility index (Phi) is 7.71. The second kappa shape index (κ2) is 8.51. The molecule has 0 radical (unpaired) electrons. The molecule has 0 nitrogen and oxygen atoms in total. The molecule has 0 amide bonds. The van der Waals surface area contributed by atoms with Crippen LogP contribution in [0.5, 0.6) is 0 Å². The van der Waals surface area contributed by atoms with Crippen molar-refractivity contribution in [2.24, 2.45) is 0 Å². The van der Waals surface area contributed by atoms with Gasteiger partial charge in [0.1, 0.15) is 0 Å². The molecule has 0 saturated carbocycles. The monoisotopic (exact) mass is 242 g/mol. The molecule has 0 bridgehead atoms. The molecule has 0 N–H and O–H groups in total. The molecular weight excluding hydrogens is 211 g/mol. The molecule has 2 unspecified atom stereocenters. The van der Waals surface area contributed by atoms with Gasteiger partial charge >= 0.3 is 0 Å². The first-order valence-corrected chi connectivity index (χ1v) is 9.25. The average Bonchev–Trinajstić information content (AvgIpc) is 2.64. The molecule has 1 aliphatic rings. The van der Waals surface area contributed by atoms with Gasteiger partial charge in [-0.05, 0) is 49.6 Å². The van der Waals surface area contributed by atoms with Crippen molar-refractivity contribution in [1.82, 2.24) is 0 Å². The highest BCUT2D eigenvalue weighted by atomic mass is 31.1. The summed E-state index contributed by atoms with van der Waals surface area (Å²) < 4.78 is 0. The Morgan fingerprint density at radius 3 is 1.81 bits per heavy atom. The van der Waals surface area contributed by atoms with E-state index in [9.17, 15) is 0 Å². The summed E-state index contributed by atoms with van der Waals surface area (Å²) in [6.45, 7) is 7.06. The van der Waals surface area contributed by atoms with Crippen molar-refractivity contribution in [2.45, 2.75) is 89.9 Å². The standard InChI is InChI=1S/C15H31P/c1-4-7-8-13-16-14(9-5-2)11-12-15(16)10-6-3/h14-15H,4-13H2,1-3H3. The fraction of sp³-hybridized carbons (Fsp3) is 1.00. The summed E-state index contributed by atoms with van der Waals surface area (Å²) in [5.41, 5.74) is 2.29. The molecule has 96 valence electrons. The van der Waals surface area contributed by atoms with Crippen molar-refractivity contribution in [3.05, 3.63) is 0 Å². The van der Waals surface area contributed by atoms with E-state index in [2.05, 4.69) is 20.8 Å². The SMILES string of the molecule is CCCCCP1C(CCC)CCC1CCC. The van der Waals surface area contributed by atoms with E-state index in [1.807, 2.05) is 0 Å². The topological polar surface area (TPSA) is 0 Å². The van der Waals surface area contributed by atoms with Gasteiger partial charge in [0.2, 0.25) is 0 Å². The summed E-state index contributed by atoms with van der Waals surface area (Å²) in [7, 11) is 0.405. The quantitative estimate of drug-likeness (QED) is 0.373. The first-order valence-electron chi connectivity index (χ1n) is 7.59. The van der Waals surface area contributed by atoms with E-state index in [1.165, 1.54) is 44.9 Å². The first kappa shape index (κ1) is 14.5. The third kappa shape index (κ3) is 4.36. The molecule has 16 heavy (non-hydrogen) atoms. The highest BCUT2D eigenvalue weighted by Gasteiger charge is 2.33. The summed E-state index contributed by atoms with van der Waals surface area (Å²) in [6.07, 6.45) is 15.0. The van der Waals surface area contributed by atoms with Crippen LogP contribution in [0.4, 0.5) is 0 Å². The minimum Gasteiger partial charge on any atom is -0.100 e. The van der Waals surface area contributed by atoms with Crippen LogP contribution in [0.25, 0.3) is 0 Å². The lowest BCUT2D eigenvalue weighted by atomic mass is 10.1. The zero-order chi connectivity index (χ0) is 11.8. The Balaban J connectivity index is 2.40. The summed E-state index contributed by atoms with van der Waals surface area (Å²) in [4.78, 5) is 0. The largest absolute Gasteiger partial charge is 0.100 e. The zero-order valence-electron chi connectivity index (χ0n) is 11.7. The van der Waals surface area contributed by atoms with E-state index in [4.69, 9.17) is 0 Å².